The number of fused-ring (bicyclic) bond motifs is 1. The molecule has 0 aliphatic heterocycles. The number of hydrogen-bond donors (Lipinski definition) is 1. The molecule has 6 aromatic rings. The quantitative estimate of drug-likeness (QED) is 0.208. The van der Waals surface area contributed by atoms with Crippen LogP contribution in [0, 0.1) is 0 Å². The molecule has 0 amide bonds. The minimum Gasteiger partial charge on any atom is -0.480 e. The van der Waals surface area contributed by atoms with Gasteiger partial charge < -0.3 is 13.9 Å². The number of nitrogens with zero attached hydrogens (tertiary/aromatic N) is 8. The molecule has 0 unspecified atom stereocenters. The second kappa shape index (κ2) is 10.6. The van der Waals surface area contributed by atoms with Crippen molar-refractivity contribution >= 4 is 11.0 Å². The van der Waals surface area contributed by atoms with Crippen molar-refractivity contribution in [2.45, 2.75) is 51.4 Å². The van der Waals surface area contributed by atoms with Gasteiger partial charge in [0.05, 0.1) is 18.5 Å². The number of ether oxygens (including phenoxy) is 1. The molecule has 1 saturated carbocycles. The van der Waals surface area contributed by atoms with E-state index in [9.17, 15) is 13.2 Å². The molecular formula is C31H28F3N9O. The Balaban J connectivity index is 1.30. The van der Waals surface area contributed by atoms with Gasteiger partial charge in [0.15, 0.2) is 11.5 Å². The van der Waals surface area contributed by atoms with Gasteiger partial charge in [-0.05, 0) is 44.4 Å². The number of alkyl halides is 3. The van der Waals surface area contributed by atoms with E-state index in [0.717, 1.165) is 47.1 Å². The summed E-state index contributed by atoms with van der Waals surface area (Å²) < 4.78 is 49.5. The molecule has 1 aromatic carbocycles. The highest BCUT2D eigenvalue weighted by Gasteiger charge is 2.35. The summed E-state index contributed by atoms with van der Waals surface area (Å²) in [5.41, 5.74) is 4.43. The van der Waals surface area contributed by atoms with E-state index in [2.05, 4.69) is 34.7 Å². The molecule has 13 heteroatoms. The molecule has 0 spiro atoms. The Morgan fingerprint density at radius 1 is 1.05 bits per heavy atom. The largest absolute Gasteiger partial charge is 0.480 e. The van der Waals surface area contributed by atoms with Crippen molar-refractivity contribution < 1.29 is 17.9 Å². The average Bonchev–Trinajstić information content (AvgIpc) is 3.38. The lowest BCUT2D eigenvalue weighted by Gasteiger charge is -2.13. The molecule has 0 radical (unpaired) electrons. The van der Waals surface area contributed by atoms with Crippen molar-refractivity contribution in [3.63, 3.8) is 0 Å². The Morgan fingerprint density at radius 2 is 1.84 bits per heavy atom. The number of imidazole rings is 1. The molecule has 1 aliphatic rings. The van der Waals surface area contributed by atoms with Gasteiger partial charge >= 0.3 is 6.18 Å². The van der Waals surface area contributed by atoms with Crippen LogP contribution in [0.2, 0.25) is 0 Å². The number of rotatable bonds is 8. The maximum atomic E-state index is 13.5. The number of benzene rings is 1. The number of aromatic nitrogens is 9. The van der Waals surface area contributed by atoms with Crippen LogP contribution in [-0.4, -0.2) is 51.4 Å². The van der Waals surface area contributed by atoms with Crippen LogP contribution in [0.25, 0.3) is 45.2 Å². The van der Waals surface area contributed by atoms with Gasteiger partial charge in [0.25, 0.3) is 0 Å². The molecule has 1 fully saturated rings. The molecule has 1 aliphatic carbocycles. The highest BCUT2D eigenvalue weighted by atomic mass is 19.4. The smallest absolute Gasteiger partial charge is 0.434 e. The molecule has 224 valence electrons. The lowest BCUT2D eigenvalue weighted by atomic mass is 10.1. The predicted octanol–water partition coefficient (Wildman–Crippen LogP) is 6.68. The summed E-state index contributed by atoms with van der Waals surface area (Å²) >= 11 is 0. The lowest BCUT2D eigenvalue weighted by Crippen LogP contribution is -2.06. The van der Waals surface area contributed by atoms with Gasteiger partial charge in [-0.15, -0.1) is 0 Å². The first-order valence-electron chi connectivity index (χ1n) is 14.2. The average molecular weight is 600 g/mol. The van der Waals surface area contributed by atoms with Gasteiger partial charge in [-0.2, -0.15) is 18.3 Å². The first kappa shape index (κ1) is 27.7. The van der Waals surface area contributed by atoms with E-state index in [0.29, 0.717) is 40.9 Å². The van der Waals surface area contributed by atoms with Gasteiger partial charge in [-0.25, -0.2) is 24.9 Å². The van der Waals surface area contributed by atoms with Crippen molar-refractivity contribution in [2.75, 3.05) is 7.11 Å². The van der Waals surface area contributed by atoms with Crippen LogP contribution in [0.1, 0.15) is 55.6 Å². The highest BCUT2D eigenvalue weighted by Crippen LogP contribution is 2.45. The number of nitrogens with one attached hydrogen (secondary N) is 1. The summed E-state index contributed by atoms with van der Waals surface area (Å²) in [5.74, 6) is 1.49. The third kappa shape index (κ3) is 4.97. The van der Waals surface area contributed by atoms with Crippen LogP contribution in [0.4, 0.5) is 13.2 Å². The fraction of sp³-hybridized carbons (Fsp3) is 0.290. The molecule has 10 nitrogen and oxygen atoms in total. The number of halogens is 3. The molecular weight excluding hydrogens is 571 g/mol. The molecule has 5 heterocycles. The van der Waals surface area contributed by atoms with E-state index in [1.807, 2.05) is 38.1 Å². The van der Waals surface area contributed by atoms with Crippen LogP contribution in [0.15, 0.2) is 61.3 Å². The SMILES string of the molecule is COc1ncnc(C2CC2)c1-c1ncc2cc(-c3cc[nH]n3)n(Cc3ccc(-c4nc(C(F)(F)F)cn4C(C)C)cc3)c2n1. The second-order valence-corrected chi connectivity index (χ2v) is 11.1. The maximum absolute atomic E-state index is 13.5. The Bertz CT molecular complexity index is 1950. The number of hydrogen-bond acceptors (Lipinski definition) is 7. The standard InChI is InChI=1S/C31H28F3N9O/c1-17(2)42-15-24(31(32,33)34)39-28(42)20-6-4-18(5-7-20)14-43-23(22-10-11-38-41-22)12-21-13-35-27(40-29(21)43)25-26(19-8-9-19)36-16-37-30(25)44-3/h4-7,10-13,15-17,19H,8-9,14H2,1-3H3,(H,38,41). The Hall–Kier alpha value is -5.07. The maximum Gasteiger partial charge on any atom is 0.434 e. The minimum absolute atomic E-state index is 0.195. The number of aromatic amines is 1. The number of methoxy groups -OCH3 is 1. The topological polar surface area (TPSA) is 112 Å². The summed E-state index contributed by atoms with van der Waals surface area (Å²) in [5, 5.41) is 8.10. The van der Waals surface area contributed by atoms with E-state index in [1.165, 1.54) is 6.33 Å². The zero-order valence-electron chi connectivity index (χ0n) is 24.2. The van der Waals surface area contributed by atoms with Crippen molar-refractivity contribution in [1.82, 2.24) is 44.3 Å². The molecule has 5 aromatic heterocycles. The summed E-state index contributed by atoms with van der Waals surface area (Å²) in [4.78, 5) is 22.5. The fourth-order valence-electron chi connectivity index (χ4n) is 5.43. The Kier molecular flexibility index (Phi) is 6.67. The molecule has 0 atom stereocenters. The normalized spacial score (nSPS) is 13.7. The van der Waals surface area contributed by atoms with Crippen LogP contribution in [0.5, 0.6) is 5.88 Å². The van der Waals surface area contributed by atoms with Gasteiger partial charge in [-0.1, -0.05) is 24.3 Å². The van der Waals surface area contributed by atoms with Crippen molar-refractivity contribution in [2.24, 2.45) is 0 Å². The van der Waals surface area contributed by atoms with Gasteiger partial charge in [0.1, 0.15) is 29.1 Å². The Labute approximate surface area is 250 Å². The molecule has 0 saturated heterocycles. The fourth-order valence-corrected chi connectivity index (χ4v) is 5.43. The van der Waals surface area contributed by atoms with E-state index in [4.69, 9.17) is 9.72 Å². The van der Waals surface area contributed by atoms with Crippen molar-refractivity contribution in [3.8, 4) is 40.0 Å². The number of H-pyrrole nitrogens is 1. The summed E-state index contributed by atoms with van der Waals surface area (Å²) in [6, 6.07) is 11.1. The van der Waals surface area contributed by atoms with Gasteiger partial charge in [0.2, 0.25) is 5.88 Å². The molecule has 0 bridgehead atoms. The Morgan fingerprint density at radius 3 is 2.50 bits per heavy atom. The van der Waals surface area contributed by atoms with Crippen molar-refractivity contribution in [1.29, 1.82) is 0 Å². The third-order valence-corrected chi connectivity index (χ3v) is 7.75. The van der Waals surface area contributed by atoms with Crippen molar-refractivity contribution in [3.05, 3.63) is 78.3 Å². The van der Waals surface area contributed by atoms with Crippen LogP contribution in [0.3, 0.4) is 0 Å². The van der Waals surface area contributed by atoms with Crippen LogP contribution >= 0.6 is 0 Å². The zero-order valence-corrected chi connectivity index (χ0v) is 24.2. The monoisotopic (exact) mass is 599 g/mol. The second-order valence-electron chi connectivity index (χ2n) is 11.1. The van der Waals surface area contributed by atoms with E-state index < -0.39 is 11.9 Å². The molecule has 7 rings (SSSR count). The van der Waals surface area contributed by atoms with Crippen LogP contribution < -0.4 is 4.74 Å². The van der Waals surface area contributed by atoms with Gasteiger partial charge in [0, 0.05) is 48.0 Å². The summed E-state index contributed by atoms with van der Waals surface area (Å²) in [7, 11) is 1.57. The van der Waals surface area contributed by atoms with E-state index >= 15 is 0 Å². The lowest BCUT2D eigenvalue weighted by molar-refractivity contribution is -0.140. The first-order valence-corrected chi connectivity index (χ1v) is 14.2. The third-order valence-electron chi connectivity index (χ3n) is 7.75. The molecule has 1 N–H and O–H groups in total. The summed E-state index contributed by atoms with van der Waals surface area (Å²) in [6.45, 7) is 4.08. The zero-order chi connectivity index (χ0) is 30.6. The van der Waals surface area contributed by atoms with E-state index in [-0.39, 0.29) is 11.9 Å². The van der Waals surface area contributed by atoms with Crippen LogP contribution in [-0.2, 0) is 12.7 Å². The van der Waals surface area contributed by atoms with E-state index in [1.54, 1.807) is 36.2 Å². The highest BCUT2D eigenvalue weighted by molar-refractivity contribution is 5.85. The minimum atomic E-state index is -4.52. The molecule has 44 heavy (non-hydrogen) atoms. The first-order chi connectivity index (χ1) is 21.2. The predicted molar refractivity (Wildman–Crippen MR) is 157 cm³/mol. The van der Waals surface area contributed by atoms with Gasteiger partial charge in [-0.3, -0.25) is 5.10 Å². The summed E-state index contributed by atoms with van der Waals surface area (Å²) in [6.07, 6.45) is 3.66.